The molecule has 2 rings (SSSR count). The van der Waals surface area contributed by atoms with E-state index in [-0.39, 0.29) is 0 Å². The molecule has 1 unspecified atom stereocenters. The Morgan fingerprint density at radius 2 is 2.00 bits per heavy atom. The molecule has 1 heterocycles. The van der Waals surface area contributed by atoms with Crippen molar-refractivity contribution in [3.05, 3.63) is 22.2 Å². The fourth-order valence-electron chi connectivity index (χ4n) is 2.45. The molecule has 0 amide bonds. The zero-order chi connectivity index (χ0) is 12.4. The number of rotatable bonds is 3. The van der Waals surface area contributed by atoms with Gasteiger partial charge in [-0.15, -0.1) is 0 Å². The first-order valence-electron chi connectivity index (χ1n) is 5.80. The molecule has 0 aromatic heterocycles. The molecule has 1 aliphatic heterocycles. The Morgan fingerprint density at radius 3 is 2.53 bits per heavy atom. The highest BCUT2D eigenvalue weighted by Gasteiger charge is 2.24. The first-order chi connectivity index (χ1) is 8.19. The summed E-state index contributed by atoms with van der Waals surface area (Å²) in [5.41, 5.74) is 2.24. The molecule has 1 aliphatic rings. The smallest absolute Gasteiger partial charge is 0.144 e. The molecule has 3 nitrogen and oxygen atoms in total. The number of halogens is 1. The molecule has 0 radical (unpaired) electrons. The average molecular weight is 256 g/mol. The molecule has 1 atom stereocenters. The van der Waals surface area contributed by atoms with Crippen LogP contribution >= 0.6 is 11.6 Å². The topological polar surface area (TPSA) is 30.5 Å². The van der Waals surface area contributed by atoms with Crippen LogP contribution in [0.4, 0.5) is 0 Å². The van der Waals surface area contributed by atoms with Crippen LogP contribution in [0.15, 0.2) is 6.07 Å². The van der Waals surface area contributed by atoms with Crippen LogP contribution in [0.2, 0.25) is 5.02 Å². The Kier molecular flexibility index (Phi) is 3.79. The molecule has 0 aliphatic carbocycles. The lowest BCUT2D eigenvalue weighted by atomic mass is 9.95. The van der Waals surface area contributed by atoms with Gasteiger partial charge in [0, 0.05) is 18.0 Å². The maximum absolute atomic E-state index is 6.33. The minimum atomic E-state index is 0.479. The Bertz CT molecular complexity index is 414. The van der Waals surface area contributed by atoms with E-state index in [0.717, 1.165) is 30.8 Å². The van der Waals surface area contributed by atoms with Crippen LogP contribution in [0, 0.1) is 6.92 Å². The van der Waals surface area contributed by atoms with Gasteiger partial charge in [-0.2, -0.15) is 0 Å². The lowest BCUT2D eigenvalue weighted by molar-refractivity contribution is 0.387. The summed E-state index contributed by atoms with van der Waals surface area (Å²) in [5.74, 6) is 1.94. The molecule has 0 spiro atoms. The number of ether oxygens (including phenoxy) is 2. The van der Waals surface area contributed by atoms with Crippen LogP contribution in [-0.4, -0.2) is 27.3 Å². The van der Waals surface area contributed by atoms with Gasteiger partial charge >= 0.3 is 0 Å². The molecule has 4 heteroatoms. The van der Waals surface area contributed by atoms with Gasteiger partial charge in [-0.05, 0) is 31.5 Å². The molecular weight excluding hydrogens is 238 g/mol. The lowest BCUT2D eigenvalue weighted by Crippen LogP contribution is -2.09. The van der Waals surface area contributed by atoms with Crippen molar-refractivity contribution >= 4 is 11.6 Å². The highest BCUT2D eigenvalue weighted by Crippen LogP contribution is 2.43. The van der Waals surface area contributed by atoms with E-state index < -0.39 is 0 Å². The Hall–Kier alpha value is -0.930. The van der Waals surface area contributed by atoms with Crippen molar-refractivity contribution in [1.29, 1.82) is 0 Å². The maximum Gasteiger partial charge on any atom is 0.144 e. The van der Waals surface area contributed by atoms with E-state index in [1.807, 2.05) is 6.92 Å². The summed E-state index contributed by atoms with van der Waals surface area (Å²) >= 11 is 6.33. The molecule has 1 N–H and O–H groups in total. The van der Waals surface area contributed by atoms with Crippen molar-refractivity contribution in [3.8, 4) is 11.5 Å². The zero-order valence-corrected chi connectivity index (χ0v) is 11.2. The van der Waals surface area contributed by atoms with Crippen molar-refractivity contribution in [3.63, 3.8) is 0 Å². The van der Waals surface area contributed by atoms with E-state index in [1.54, 1.807) is 14.2 Å². The quantitative estimate of drug-likeness (QED) is 0.901. The molecule has 0 bridgehead atoms. The third-order valence-corrected chi connectivity index (χ3v) is 3.64. The maximum atomic E-state index is 6.33. The van der Waals surface area contributed by atoms with E-state index in [2.05, 4.69) is 11.4 Å². The van der Waals surface area contributed by atoms with Crippen molar-refractivity contribution in [2.24, 2.45) is 0 Å². The summed E-state index contributed by atoms with van der Waals surface area (Å²) in [7, 11) is 3.28. The summed E-state index contributed by atoms with van der Waals surface area (Å²) in [6, 6.07) is 2.13. The van der Waals surface area contributed by atoms with Crippen molar-refractivity contribution < 1.29 is 9.47 Å². The summed E-state index contributed by atoms with van der Waals surface area (Å²) in [6.45, 7) is 4.05. The Labute approximate surface area is 107 Å². The standard InChI is InChI=1S/C13H18ClNO2/c1-8-6-10(9-4-5-15-7-9)13(17-3)11(14)12(8)16-2/h6,9,15H,4-5,7H2,1-3H3. The Balaban J connectivity index is 2.51. The van der Waals surface area contributed by atoms with Gasteiger partial charge < -0.3 is 14.8 Å². The van der Waals surface area contributed by atoms with Crippen LogP contribution in [-0.2, 0) is 0 Å². The van der Waals surface area contributed by atoms with Gasteiger partial charge in [0.2, 0.25) is 0 Å². The van der Waals surface area contributed by atoms with Crippen molar-refractivity contribution in [2.45, 2.75) is 19.3 Å². The summed E-state index contributed by atoms with van der Waals surface area (Å²) < 4.78 is 10.8. The number of hydrogen-bond acceptors (Lipinski definition) is 3. The minimum Gasteiger partial charge on any atom is -0.495 e. The summed E-state index contributed by atoms with van der Waals surface area (Å²) in [4.78, 5) is 0. The van der Waals surface area contributed by atoms with Gasteiger partial charge in [0.15, 0.2) is 0 Å². The fraction of sp³-hybridized carbons (Fsp3) is 0.538. The number of aryl methyl sites for hydroxylation is 1. The lowest BCUT2D eigenvalue weighted by Gasteiger charge is -2.19. The highest BCUT2D eigenvalue weighted by molar-refractivity contribution is 6.33. The second-order valence-electron chi connectivity index (χ2n) is 4.35. The fourth-order valence-corrected chi connectivity index (χ4v) is 2.86. The molecule has 94 valence electrons. The second kappa shape index (κ2) is 5.15. The van der Waals surface area contributed by atoms with Crippen molar-refractivity contribution in [1.82, 2.24) is 5.32 Å². The van der Waals surface area contributed by atoms with Gasteiger partial charge in [0.05, 0.1) is 14.2 Å². The predicted molar refractivity (Wildman–Crippen MR) is 69.5 cm³/mol. The number of benzene rings is 1. The van der Waals surface area contributed by atoms with Gasteiger partial charge in [0.25, 0.3) is 0 Å². The summed E-state index contributed by atoms with van der Waals surface area (Å²) in [6.07, 6.45) is 1.12. The molecule has 0 saturated carbocycles. The van der Waals surface area contributed by atoms with Crippen molar-refractivity contribution in [2.75, 3.05) is 27.3 Å². The summed E-state index contributed by atoms with van der Waals surface area (Å²) in [5, 5.41) is 3.94. The van der Waals surface area contributed by atoms with Gasteiger partial charge in [-0.1, -0.05) is 11.6 Å². The monoisotopic (exact) mass is 255 g/mol. The zero-order valence-electron chi connectivity index (χ0n) is 10.5. The van der Waals surface area contributed by atoms with Crippen LogP contribution in [0.1, 0.15) is 23.5 Å². The van der Waals surface area contributed by atoms with E-state index in [1.165, 1.54) is 5.56 Å². The first-order valence-corrected chi connectivity index (χ1v) is 6.18. The normalized spacial score (nSPS) is 19.4. The van der Waals surface area contributed by atoms with Gasteiger partial charge in [0.1, 0.15) is 16.5 Å². The molecule has 17 heavy (non-hydrogen) atoms. The van der Waals surface area contributed by atoms with Crippen LogP contribution in [0.3, 0.4) is 0 Å². The van der Waals surface area contributed by atoms with Crippen LogP contribution in [0.25, 0.3) is 0 Å². The number of methoxy groups -OCH3 is 2. The molecule has 1 fully saturated rings. The van der Waals surface area contributed by atoms with Crippen LogP contribution < -0.4 is 14.8 Å². The van der Waals surface area contributed by atoms with E-state index in [4.69, 9.17) is 21.1 Å². The van der Waals surface area contributed by atoms with Gasteiger partial charge in [-0.3, -0.25) is 0 Å². The molecule has 1 aromatic rings. The van der Waals surface area contributed by atoms with Gasteiger partial charge in [-0.25, -0.2) is 0 Å². The largest absolute Gasteiger partial charge is 0.495 e. The second-order valence-corrected chi connectivity index (χ2v) is 4.73. The van der Waals surface area contributed by atoms with Crippen LogP contribution in [0.5, 0.6) is 11.5 Å². The number of nitrogens with one attached hydrogen (secondary N) is 1. The first kappa shape index (κ1) is 12.5. The molecule has 1 saturated heterocycles. The third-order valence-electron chi connectivity index (χ3n) is 3.30. The minimum absolute atomic E-state index is 0.479. The third kappa shape index (κ3) is 2.22. The number of hydrogen-bond donors (Lipinski definition) is 1. The van der Waals surface area contributed by atoms with E-state index >= 15 is 0 Å². The average Bonchev–Trinajstić information content (AvgIpc) is 2.82. The van der Waals surface area contributed by atoms with E-state index in [0.29, 0.717) is 16.7 Å². The molecular formula is C13H18ClNO2. The predicted octanol–water partition coefficient (Wildman–Crippen LogP) is 2.74. The van der Waals surface area contributed by atoms with E-state index in [9.17, 15) is 0 Å². The highest BCUT2D eigenvalue weighted by atomic mass is 35.5. The Morgan fingerprint density at radius 1 is 1.29 bits per heavy atom. The molecule has 1 aromatic carbocycles. The SMILES string of the molecule is COc1c(C)cc(C2CCNC2)c(OC)c1Cl.